The molecule has 1 aromatic rings. The Morgan fingerprint density at radius 1 is 1.27 bits per heavy atom. The van der Waals surface area contributed by atoms with Crippen molar-refractivity contribution in [2.24, 2.45) is 0 Å². The van der Waals surface area contributed by atoms with Gasteiger partial charge in [0, 0.05) is 19.3 Å². The molecule has 1 heterocycles. The van der Waals surface area contributed by atoms with Gasteiger partial charge in [-0.15, -0.1) is 0 Å². The van der Waals surface area contributed by atoms with Gasteiger partial charge in [-0.05, 0) is 19.5 Å². The highest BCUT2D eigenvalue weighted by atomic mass is 15.3. The SMILES string of the molecule is CCCCCCCn1ccc(CNC)n1. The van der Waals surface area contributed by atoms with Crippen LogP contribution in [0, 0.1) is 0 Å². The molecule has 3 heteroatoms. The molecule has 0 saturated carbocycles. The molecule has 0 aliphatic rings. The summed E-state index contributed by atoms with van der Waals surface area (Å²) in [6, 6.07) is 2.09. The van der Waals surface area contributed by atoms with Crippen LogP contribution in [0.2, 0.25) is 0 Å². The van der Waals surface area contributed by atoms with Crippen LogP contribution in [-0.2, 0) is 13.1 Å². The zero-order valence-corrected chi connectivity index (χ0v) is 10.00. The zero-order valence-electron chi connectivity index (χ0n) is 10.00. The second-order valence-corrected chi connectivity index (χ2v) is 4.01. The molecule has 86 valence electrons. The van der Waals surface area contributed by atoms with Gasteiger partial charge >= 0.3 is 0 Å². The van der Waals surface area contributed by atoms with E-state index >= 15 is 0 Å². The van der Waals surface area contributed by atoms with Gasteiger partial charge in [-0.2, -0.15) is 5.10 Å². The maximum atomic E-state index is 4.47. The quantitative estimate of drug-likeness (QED) is 0.667. The summed E-state index contributed by atoms with van der Waals surface area (Å²) in [6.07, 6.45) is 8.70. The first-order valence-corrected chi connectivity index (χ1v) is 6.03. The van der Waals surface area contributed by atoms with Crippen LogP contribution in [0.5, 0.6) is 0 Å². The Hall–Kier alpha value is -0.830. The van der Waals surface area contributed by atoms with E-state index in [-0.39, 0.29) is 0 Å². The number of aryl methyl sites for hydroxylation is 1. The van der Waals surface area contributed by atoms with Crippen molar-refractivity contribution in [1.29, 1.82) is 0 Å². The van der Waals surface area contributed by atoms with E-state index in [0.29, 0.717) is 0 Å². The summed E-state index contributed by atoms with van der Waals surface area (Å²) >= 11 is 0. The van der Waals surface area contributed by atoms with E-state index in [2.05, 4.69) is 34.3 Å². The van der Waals surface area contributed by atoms with Crippen LogP contribution in [0.1, 0.15) is 44.7 Å². The summed E-state index contributed by atoms with van der Waals surface area (Å²) in [6.45, 7) is 4.17. The van der Waals surface area contributed by atoms with Crippen molar-refractivity contribution in [2.45, 2.75) is 52.1 Å². The van der Waals surface area contributed by atoms with Crippen LogP contribution < -0.4 is 5.32 Å². The van der Waals surface area contributed by atoms with Gasteiger partial charge in [0.15, 0.2) is 0 Å². The third-order valence-corrected chi connectivity index (χ3v) is 2.54. The summed E-state index contributed by atoms with van der Waals surface area (Å²) in [5.41, 5.74) is 1.13. The fourth-order valence-corrected chi connectivity index (χ4v) is 1.68. The van der Waals surface area contributed by atoms with Crippen molar-refractivity contribution >= 4 is 0 Å². The lowest BCUT2D eigenvalue weighted by Crippen LogP contribution is -2.07. The smallest absolute Gasteiger partial charge is 0.0762 e. The first-order valence-electron chi connectivity index (χ1n) is 6.03. The lowest BCUT2D eigenvalue weighted by molar-refractivity contribution is 0.528. The van der Waals surface area contributed by atoms with Crippen molar-refractivity contribution in [3.8, 4) is 0 Å². The Balaban J connectivity index is 2.14. The predicted octanol–water partition coefficient (Wildman–Crippen LogP) is 2.57. The topological polar surface area (TPSA) is 29.9 Å². The van der Waals surface area contributed by atoms with Gasteiger partial charge in [0.1, 0.15) is 0 Å². The van der Waals surface area contributed by atoms with Crippen LogP contribution >= 0.6 is 0 Å². The molecule has 0 fully saturated rings. The van der Waals surface area contributed by atoms with Crippen molar-refractivity contribution in [3.63, 3.8) is 0 Å². The second-order valence-electron chi connectivity index (χ2n) is 4.01. The first kappa shape index (κ1) is 12.2. The van der Waals surface area contributed by atoms with Crippen molar-refractivity contribution in [3.05, 3.63) is 18.0 Å². The number of hydrogen-bond acceptors (Lipinski definition) is 2. The highest BCUT2D eigenvalue weighted by Crippen LogP contribution is 2.04. The van der Waals surface area contributed by atoms with Crippen LogP contribution in [0.15, 0.2) is 12.3 Å². The number of unbranched alkanes of at least 4 members (excludes halogenated alkanes) is 4. The van der Waals surface area contributed by atoms with Crippen molar-refractivity contribution < 1.29 is 0 Å². The maximum absolute atomic E-state index is 4.47. The highest BCUT2D eigenvalue weighted by Gasteiger charge is 1.97. The third-order valence-electron chi connectivity index (χ3n) is 2.54. The molecule has 0 bridgehead atoms. The van der Waals surface area contributed by atoms with E-state index in [0.717, 1.165) is 18.8 Å². The van der Waals surface area contributed by atoms with E-state index in [1.54, 1.807) is 0 Å². The van der Waals surface area contributed by atoms with Gasteiger partial charge in [-0.1, -0.05) is 32.6 Å². The number of nitrogens with one attached hydrogen (secondary N) is 1. The van der Waals surface area contributed by atoms with Gasteiger partial charge in [0.25, 0.3) is 0 Å². The normalized spacial score (nSPS) is 10.8. The average Bonchev–Trinajstić information content (AvgIpc) is 2.66. The Morgan fingerprint density at radius 2 is 2.07 bits per heavy atom. The molecule has 1 rings (SSSR count). The maximum Gasteiger partial charge on any atom is 0.0762 e. The molecule has 0 aliphatic heterocycles. The monoisotopic (exact) mass is 209 g/mol. The minimum Gasteiger partial charge on any atom is -0.314 e. The third kappa shape index (κ3) is 4.98. The van der Waals surface area contributed by atoms with E-state index < -0.39 is 0 Å². The van der Waals surface area contributed by atoms with E-state index in [1.807, 2.05) is 7.05 Å². The van der Waals surface area contributed by atoms with Gasteiger partial charge in [-0.25, -0.2) is 0 Å². The number of aromatic nitrogens is 2. The Morgan fingerprint density at radius 3 is 2.80 bits per heavy atom. The fourth-order valence-electron chi connectivity index (χ4n) is 1.68. The second kappa shape index (κ2) is 7.46. The first-order chi connectivity index (χ1) is 7.36. The summed E-state index contributed by atoms with van der Waals surface area (Å²) in [5.74, 6) is 0. The molecule has 15 heavy (non-hydrogen) atoms. The molecule has 0 atom stereocenters. The molecular weight excluding hydrogens is 186 g/mol. The Kier molecular flexibility index (Phi) is 6.09. The Labute approximate surface area is 92.9 Å². The minimum absolute atomic E-state index is 0.864. The van der Waals surface area contributed by atoms with Gasteiger partial charge in [0.05, 0.1) is 5.69 Å². The van der Waals surface area contributed by atoms with Crippen LogP contribution in [0.25, 0.3) is 0 Å². The fraction of sp³-hybridized carbons (Fsp3) is 0.750. The molecular formula is C12H23N3. The number of hydrogen-bond donors (Lipinski definition) is 1. The van der Waals surface area contributed by atoms with E-state index in [4.69, 9.17) is 0 Å². The molecule has 0 unspecified atom stereocenters. The molecule has 0 aliphatic carbocycles. The molecule has 0 amide bonds. The predicted molar refractivity (Wildman–Crippen MR) is 63.7 cm³/mol. The summed E-state index contributed by atoms with van der Waals surface area (Å²) in [7, 11) is 1.95. The lowest BCUT2D eigenvalue weighted by atomic mass is 10.1. The molecule has 0 aromatic carbocycles. The van der Waals surface area contributed by atoms with E-state index in [1.165, 1.54) is 32.1 Å². The molecule has 1 aromatic heterocycles. The molecule has 0 radical (unpaired) electrons. The Bertz CT molecular complexity index is 255. The lowest BCUT2D eigenvalue weighted by Gasteiger charge is -2.01. The van der Waals surface area contributed by atoms with Gasteiger partial charge in [-0.3, -0.25) is 4.68 Å². The molecule has 1 N–H and O–H groups in total. The molecule has 0 saturated heterocycles. The molecule has 3 nitrogen and oxygen atoms in total. The summed E-state index contributed by atoms with van der Waals surface area (Å²) < 4.78 is 2.05. The van der Waals surface area contributed by atoms with Gasteiger partial charge < -0.3 is 5.32 Å². The van der Waals surface area contributed by atoms with Crippen molar-refractivity contribution in [1.82, 2.24) is 15.1 Å². The largest absolute Gasteiger partial charge is 0.314 e. The highest BCUT2D eigenvalue weighted by molar-refractivity contribution is 4.97. The minimum atomic E-state index is 0.864. The van der Waals surface area contributed by atoms with Crippen LogP contribution in [0.4, 0.5) is 0 Å². The van der Waals surface area contributed by atoms with E-state index in [9.17, 15) is 0 Å². The average molecular weight is 209 g/mol. The molecule has 0 spiro atoms. The van der Waals surface area contributed by atoms with Crippen LogP contribution in [0.3, 0.4) is 0 Å². The van der Waals surface area contributed by atoms with Crippen LogP contribution in [-0.4, -0.2) is 16.8 Å². The summed E-state index contributed by atoms with van der Waals surface area (Å²) in [4.78, 5) is 0. The van der Waals surface area contributed by atoms with Gasteiger partial charge in [0.2, 0.25) is 0 Å². The zero-order chi connectivity index (χ0) is 10.9. The van der Waals surface area contributed by atoms with Crippen molar-refractivity contribution in [2.75, 3.05) is 7.05 Å². The number of nitrogens with zero attached hydrogens (tertiary/aromatic N) is 2. The standard InChI is InChI=1S/C12H23N3/c1-3-4-5-6-7-9-15-10-8-12(14-15)11-13-2/h8,10,13H,3-7,9,11H2,1-2H3. The number of rotatable bonds is 8. The summed E-state index contributed by atoms with van der Waals surface area (Å²) in [5, 5.41) is 7.58.